The number of benzene rings is 2. The minimum absolute atomic E-state index is 0.113. The Kier molecular flexibility index (Phi) is 9.48. The number of hydrogen-bond acceptors (Lipinski definition) is 7. The van der Waals surface area contributed by atoms with E-state index in [1.807, 2.05) is 0 Å². The number of amides is 3. The van der Waals surface area contributed by atoms with Gasteiger partial charge in [0, 0.05) is 5.75 Å². The van der Waals surface area contributed by atoms with Crippen LogP contribution in [-0.4, -0.2) is 72.8 Å². The quantitative estimate of drug-likeness (QED) is 0.279. The number of nitrogens with one attached hydrogen (secondary N) is 2. The molecule has 41 heavy (non-hydrogen) atoms. The first-order chi connectivity index (χ1) is 19.4. The standard InChI is InChI=1S/C26H24Cl3N3O8S/c1-39-17-9-7-14(8-10-17)11-16-12-41(38)23-19(22(34)32(23)20(16)24(35)36)30-21(33)18(15-5-3-2-4-6-15)31-25(37)40-13-26(27,28)29/h2-10,18-19,23H,11-13H2,1H3,(H,30,33)(H,31,37)(H,35,36)/t18-,19+,23-,41?/m0/s1. The molecule has 0 spiro atoms. The number of rotatable bonds is 9. The highest BCUT2D eigenvalue weighted by Gasteiger charge is 2.57. The summed E-state index contributed by atoms with van der Waals surface area (Å²) in [5.74, 6) is -2.41. The van der Waals surface area contributed by atoms with Crippen molar-refractivity contribution in [2.24, 2.45) is 0 Å². The maximum atomic E-state index is 13.3. The normalized spacial score (nSPS) is 20.8. The first-order valence-corrected chi connectivity index (χ1v) is 14.5. The molecule has 0 radical (unpaired) electrons. The SMILES string of the molecule is COc1ccc(CC2=C(C(=O)O)N3C(=O)[C@@H](NC(=O)[C@@H](NC(=O)OCC(Cl)(Cl)Cl)c4ccccc4)[C@@H]3S(=O)C2)cc1. The second-order valence-corrected chi connectivity index (χ2v) is 13.1. The molecule has 1 unspecified atom stereocenters. The van der Waals surface area contributed by atoms with E-state index >= 15 is 0 Å². The summed E-state index contributed by atoms with van der Waals surface area (Å²) in [4.78, 5) is 52.0. The third-order valence-electron chi connectivity index (χ3n) is 6.31. The number of hydrogen-bond donors (Lipinski definition) is 3. The number of carboxylic acid groups (broad SMARTS) is 1. The first-order valence-electron chi connectivity index (χ1n) is 12.0. The van der Waals surface area contributed by atoms with Crippen LogP contribution in [0.25, 0.3) is 0 Å². The lowest BCUT2D eigenvalue weighted by molar-refractivity contribution is -0.151. The van der Waals surface area contributed by atoms with E-state index in [2.05, 4.69) is 10.6 Å². The number of halogens is 3. The van der Waals surface area contributed by atoms with Gasteiger partial charge in [0.1, 0.15) is 35.5 Å². The average Bonchev–Trinajstić information content (AvgIpc) is 2.93. The summed E-state index contributed by atoms with van der Waals surface area (Å²) in [5, 5.41) is 13.7. The van der Waals surface area contributed by atoms with Gasteiger partial charge >= 0.3 is 12.1 Å². The number of alkyl carbamates (subject to hydrolysis) is 1. The topological polar surface area (TPSA) is 151 Å². The summed E-state index contributed by atoms with van der Waals surface area (Å²) in [6.07, 6.45) is -0.913. The maximum Gasteiger partial charge on any atom is 0.408 e. The Morgan fingerprint density at radius 1 is 1.12 bits per heavy atom. The molecule has 0 aliphatic carbocycles. The van der Waals surface area contributed by atoms with Crippen molar-refractivity contribution in [3.63, 3.8) is 0 Å². The van der Waals surface area contributed by atoms with Crippen LogP contribution in [0.2, 0.25) is 0 Å². The third-order valence-corrected chi connectivity index (χ3v) is 8.29. The highest BCUT2D eigenvalue weighted by molar-refractivity contribution is 7.86. The fourth-order valence-corrected chi connectivity index (χ4v) is 6.32. The molecule has 2 aromatic rings. The Balaban J connectivity index is 1.53. The molecule has 15 heteroatoms. The highest BCUT2D eigenvalue weighted by atomic mass is 35.6. The van der Waals surface area contributed by atoms with E-state index in [0.29, 0.717) is 16.9 Å². The van der Waals surface area contributed by atoms with Gasteiger partial charge in [0.2, 0.25) is 9.70 Å². The van der Waals surface area contributed by atoms with E-state index in [4.69, 9.17) is 44.3 Å². The van der Waals surface area contributed by atoms with Crippen LogP contribution in [0.4, 0.5) is 4.79 Å². The number of nitrogens with zero attached hydrogens (tertiary/aromatic N) is 1. The van der Waals surface area contributed by atoms with Crippen molar-refractivity contribution >= 4 is 69.5 Å². The molecule has 4 rings (SSSR count). The predicted octanol–water partition coefficient (Wildman–Crippen LogP) is 2.83. The van der Waals surface area contributed by atoms with E-state index in [1.165, 1.54) is 7.11 Å². The number of alkyl halides is 3. The Labute approximate surface area is 252 Å². The Hall–Kier alpha value is -3.32. The van der Waals surface area contributed by atoms with Crippen LogP contribution in [0.15, 0.2) is 65.9 Å². The van der Waals surface area contributed by atoms with E-state index in [1.54, 1.807) is 54.6 Å². The molecular weight excluding hydrogens is 621 g/mol. The van der Waals surface area contributed by atoms with Crippen molar-refractivity contribution in [2.45, 2.75) is 27.7 Å². The number of aliphatic carboxylic acids is 1. The minimum Gasteiger partial charge on any atom is -0.497 e. The minimum atomic E-state index is -1.88. The van der Waals surface area contributed by atoms with Crippen LogP contribution < -0.4 is 15.4 Å². The molecule has 0 bridgehead atoms. The van der Waals surface area contributed by atoms with Crippen molar-refractivity contribution in [2.75, 3.05) is 19.5 Å². The van der Waals surface area contributed by atoms with Crippen molar-refractivity contribution in [3.8, 4) is 5.75 Å². The smallest absolute Gasteiger partial charge is 0.408 e. The summed E-state index contributed by atoms with van der Waals surface area (Å²) in [6, 6.07) is 12.4. The van der Waals surface area contributed by atoms with Crippen LogP contribution >= 0.6 is 34.8 Å². The molecule has 4 atom stereocenters. The van der Waals surface area contributed by atoms with Crippen LogP contribution in [0.1, 0.15) is 17.2 Å². The van der Waals surface area contributed by atoms with Crippen LogP contribution in [-0.2, 0) is 36.3 Å². The summed E-state index contributed by atoms with van der Waals surface area (Å²) in [6.45, 7) is -0.590. The molecule has 2 aromatic carbocycles. The second kappa shape index (κ2) is 12.7. The van der Waals surface area contributed by atoms with E-state index in [0.717, 1.165) is 10.5 Å². The lowest BCUT2D eigenvalue weighted by Gasteiger charge is -2.49. The zero-order valence-electron chi connectivity index (χ0n) is 21.3. The zero-order valence-corrected chi connectivity index (χ0v) is 24.4. The Bertz CT molecular complexity index is 1400. The van der Waals surface area contributed by atoms with Crippen LogP contribution in [0.3, 0.4) is 0 Å². The van der Waals surface area contributed by atoms with Crippen molar-refractivity contribution in [3.05, 3.63) is 77.0 Å². The molecule has 2 aliphatic heterocycles. The summed E-state index contributed by atoms with van der Waals surface area (Å²) in [5.41, 5.74) is 1.13. The second-order valence-electron chi connectivity index (χ2n) is 9.07. The Morgan fingerprint density at radius 3 is 2.37 bits per heavy atom. The molecule has 11 nitrogen and oxygen atoms in total. The number of methoxy groups -OCH3 is 1. The summed E-state index contributed by atoms with van der Waals surface area (Å²) < 4.78 is 21.4. The summed E-state index contributed by atoms with van der Waals surface area (Å²) >= 11 is 16.8. The molecule has 2 aliphatic rings. The molecule has 1 fully saturated rings. The molecule has 0 saturated carbocycles. The van der Waals surface area contributed by atoms with E-state index < -0.39 is 62.5 Å². The number of fused-ring (bicyclic) bond motifs is 1. The highest BCUT2D eigenvalue weighted by Crippen LogP contribution is 2.36. The van der Waals surface area contributed by atoms with Crippen LogP contribution in [0, 0.1) is 0 Å². The lowest BCUT2D eigenvalue weighted by Crippen LogP contribution is -2.74. The number of carbonyl (C=O) groups excluding carboxylic acids is 3. The van der Waals surface area contributed by atoms with Gasteiger partial charge < -0.3 is 25.2 Å². The number of β-lactam (4-membered cyclic amide) rings is 1. The van der Waals surface area contributed by atoms with Crippen LogP contribution in [0.5, 0.6) is 5.75 Å². The van der Waals surface area contributed by atoms with Gasteiger partial charge in [-0.15, -0.1) is 0 Å². The van der Waals surface area contributed by atoms with E-state index in [-0.39, 0.29) is 17.9 Å². The number of carboxylic acids is 1. The van der Waals surface area contributed by atoms with Crippen molar-refractivity contribution < 1.29 is 38.0 Å². The molecule has 2 heterocycles. The van der Waals surface area contributed by atoms with Gasteiger partial charge in [-0.05, 0) is 35.3 Å². The molecule has 0 aromatic heterocycles. The van der Waals surface area contributed by atoms with Gasteiger partial charge in [-0.1, -0.05) is 77.3 Å². The summed E-state index contributed by atoms with van der Waals surface area (Å²) in [7, 11) is -0.216. The molecule has 218 valence electrons. The molecular formula is C26H24Cl3N3O8S. The molecule has 3 N–H and O–H groups in total. The Morgan fingerprint density at radius 2 is 1.78 bits per heavy atom. The van der Waals surface area contributed by atoms with Gasteiger partial charge in [0.05, 0.1) is 17.9 Å². The number of ether oxygens (including phenoxy) is 2. The zero-order chi connectivity index (χ0) is 29.9. The molecule has 3 amide bonds. The van der Waals surface area contributed by atoms with Crippen molar-refractivity contribution in [1.82, 2.24) is 15.5 Å². The monoisotopic (exact) mass is 643 g/mol. The largest absolute Gasteiger partial charge is 0.497 e. The molecule has 1 saturated heterocycles. The lowest BCUT2D eigenvalue weighted by atomic mass is 9.98. The van der Waals surface area contributed by atoms with Gasteiger partial charge in [-0.2, -0.15) is 0 Å². The van der Waals surface area contributed by atoms with Gasteiger partial charge in [-0.25, -0.2) is 9.59 Å². The van der Waals surface area contributed by atoms with E-state index in [9.17, 15) is 28.5 Å². The van der Waals surface area contributed by atoms with Crippen molar-refractivity contribution in [1.29, 1.82) is 0 Å². The van der Waals surface area contributed by atoms with Gasteiger partial charge in [0.15, 0.2) is 0 Å². The maximum absolute atomic E-state index is 13.3. The third kappa shape index (κ3) is 7.13. The first kappa shape index (κ1) is 30.6. The van der Waals surface area contributed by atoms with Gasteiger partial charge in [0.25, 0.3) is 5.91 Å². The fraction of sp³-hybridized carbons (Fsp3) is 0.308. The predicted molar refractivity (Wildman–Crippen MR) is 151 cm³/mol. The average molecular weight is 645 g/mol. The fourth-order valence-electron chi connectivity index (χ4n) is 4.47. The van der Waals surface area contributed by atoms with Gasteiger partial charge in [-0.3, -0.25) is 18.7 Å². The number of carbonyl (C=O) groups is 4.